The Labute approximate surface area is 89.1 Å². The molecule has 1 atom stereocenters. The highest BCUT2D eigenvalue weighted by atomic mass is 19.4. The minimum atomic E-state index is -5.26. The highest BCUT2D eigenvalue weighted by molar-refractivity contribution is 5.81. The molecule has 0 aromatic carbocycles. The van der Waals surface area contributed by atoms with Gasteiger partial charge in [0.1, 0.15) is 6.67 Å². The summed E-state index contributed by atoms with van der Waals surface area (Å²) < 4.78 is 65.3. The van der Waals surface area contributed by atoms with Crippen LogP contribution in [0.15, 0.2) is 12.7 Å². The maximum atomic E-state index is 13.0. The molecule has 0 N–H and O–H groups in total. The first-order chi connectivity index (χ1) is 7.27. The minimum Gasteiger partial charge on any atom is -0.463 e. The summed E-state index contributed by atoms with van der Waals surface area (Å²) in [4.78, 5) is 10.5. The van der Waals surface area contributed by atoms with Crippen LogP contribution in [0, 0.1) is 0 Å². The van der Waals surface area contributed by atoms with Crippen molar-refractivity contribution >= 4 is 5.97 Å². The summed E-state index contributed by atoms with van der Waals surface area (Å²) in [5, 5.41) is 0. The van der Waals surface area contributed by atoms with E-state index in [1.54, 1.807) is 0 Å². The van der Waals surface area contributed by atoms with Gasteiger partial charge in [0.25, 0.3) is 0 Å². The van der Waals surface area contributed by atoms with Gasteiger partial charge in [-0.2, -0.15) is 13.2 Å². The zero-order valence-electron chi connectivity index (χ0n) is 8.32. The molecule has 0 bridgehead atoms. The Morgan fingerprint density at radius 1 is 1.31 bits per heavy atom. The summed E-state index contributed by atoms with van der Waals surface area (Å²) in [6, 6.07) is 0. The predicted molar refractivity (Wildman–Crippen MR) is 46.3 cm³/mol. The molecule has 0 saturated heterocycles. The van der Waals surface area contributed by atoms with Crippen LogP contribution in [0.5, 0.6) is 0 Å². The first-order valence-electron chi connectivity index (χ1n) is 4.37. The third-order valence-electron chi connectivity index (χ3n) is 1.85. The summed E-state index contributed by atoms with van der Waals surface area (Å²) in [7, 11) is 0. The van der Waals surface area contributed by atoms with E-state index >= 15 is 0 Å². The largest absolute Gasteiger partial charge is 0.463 e. The van der Waals surface area contributed by atoms with E-state index in [0.29, 0.717) is 0 Å². The molecule has 0 spiro atoms. The van der Waals surface area contributed by atoms with E-state index < -0.39 is 43.9 Å². The SMILES string of the molecule is C=CC(=O)OCCCC(F)(CF)C(F)(F)F. The molecular weight excluding hydrogens is 235 g/mol. The average molecular weight is 246 g/mol. The van der Waals surface area contributed by atoms with Crippen LogP contribution in [0.2, 0.25) is 0 Å². The Bertz CT molecular complexity index is 251. The van der Waals surface area contributed by atoms with Crippen LogP contribution in [0.1, 0.15) is 12.8 Å². The van der Waals surface area contributed by atoms with Crippen LogP contribution < -0.4 is 0 Å². The Balaban J connectivity index is 4.07. The minimum absolute atomic E-state index is 0.410. The first kappa shape index (κ1) is 14.9. The van der Waals surface area contributed by atoms with Gasteiger partial charge in [-0.1, -0.05) is 6.58 Å². The van der Waals surface area contributed by atoms with Crippen LogP contribution in [0.25, 0.3) is 0 Å². The summed E-state index contributed by atoms with van der Waals surface area (Å²) in [6.45, 7) is 0.498. The molecule has 0 aromatic heterocycles. The number of hydrogen-bond acceptors (Lipinski definition) is 2. The predicted octanol–water partition coefficient (Wildman–Crippen LogP) is 2.74. The lowest BCUT2D eigenvalue weighted by Gasteiger charge is -2.24. The Hall–Kier alpha value is -1.14. The quantitative estimate of drug-likeness (QED) is 0.312. The van der Waals surface area contributed by atoms with Gasteiger partial charge >= 0.3 is 12.1 Å². The molecule has 94 valence electrons. The van der Waals surface area contributed by atoms with Crippen LogP contribution in [0.4, 0.5) is 22.0 Å². The van der Waals surface area contributed by atoms with E-state index in [2.05, 4.69) is 11.3 Å². The van der Waals surface area contributed by atoms with Gasteiger partial charge in [0, 0.05) is 6.08 Å². The van der Waals surface area contributed by atoms with Gasteiger partial charge in [-0.3, -0.25) is 0 Å². The second-order valence-corrected chi connectivity index (χ2v) is 3.07. The monoisotopic (exact) mass is 246 g/mol. The highest BCUT2D eigenvalue weighted by Gasteiger charge is 2.55. The van der Waals surface area contributed by atoms with Crippen molar-refractivity contribution in [2.45, 2.75) is 24.7 Å². The molecule has 0 fully saturated rings. The summed E-state index contributed by atoms with van der Waals surface area (Å²) in [6.07, 6.45) is -5.94. The van der Waals surface area contributed by atoms with Crippen molar-refractivity contribution in [2.75, 3.05) is 13.3 Å². The van der Waals surface area contributed by atoms with Crippen molar-refractivity contribution in [3.63, 3.8) is 0 Å². The fourth-order valence-electron chi connectivity index (χ4n) is 0.868. The lowest BCUT2D eigenvalue weighted by molar-refractivity contribution is -0.237. The number of esters is 1. The van der Waals surface area contributed by atoms with Gasteiger partial charge in [0.05, 0.1) is 6.61 Å². The van der Waals surface area contributed by atoms with Crippen LogP contribution in [-0.4, -0.2) is 31.1 Å². The number of carbonyl (C=O) groups excluding carboxylic acids is 1. The molecule has 0 aliphatic heterocycles. The van der Waals surface area contributed by atoms with E-state index in [-0.39, 0.29) is 0 Å². The molecule has 16 heavy (non-hydrogen) atoms. The smallest absolute Gasteiger partial charge is 0.425 e. The van der Waals surface area contributed by atoms with Crippen molar-refractivity contribution in [3.8, 4) is 0 Å². The Kier molecular flexibility index (Phi) is 5.40. The number of carbonyl (C=O) groups is 1. The van der Waals surface area contributed by atoms with Gasteiger partial charge in [-0.05, 0) is 12.8 Å². The lowest BCUT2D eigenvalue weighted by atomic mass is 10.0. The molecule has 0 amide bonds. The normalized spacial score (nSPS) is 15.3. The maximum absolute atomic E-state index is 13.0. The molecule has 2 nitrogen and oxygen atoms in total. The summed E-state index contributed by atoms with van der Waals surface area (Å²) >= 11 is 0. The van der Waals surface area contributed by atoms with E-state index in [0.717, 1.165) is 6.08 Å². The summed E-state index contributed by atoms with van der Waals surface area (Å²) in [5.41, 5.74) is -3.87. The fraction of sp³-hybridized carbons (Fsp3) is 0.667. The lowest BCUT2D eigenvalue weighted by Crippen LogP contribution is -2.43. The van der Waals surface area contributed by atoms with Gasteiger partial charge in [0.2, 0.25) is 5.67 Å². The van der Waals surface area contributed by atoms with Gasteiger partial charge in [-0.15, -0.1) is 0 Å². The van der Waals surface area contributed by atoms with E-state index in [4.69, 9.17) is 0 Å². The van der Waals surface area contributed by atoms with Crippen molar-refractivity contribution in [1.29, 1.82) is 0 Å². The highest BCUT2D eigenvalue weighted by Crippen LogP contribution is 2.37. The molecule has 0 rings (SSSR count). The first-order valence-corrected chi connectivity index (χ1v) is 4.37. The molecule has 1 unspecified atom stereocenters. The second-order valence-electron chi connectivity index (χ2n) is 3.07. The molecule has 0 saturated carbocycles. The van der Waals surface area contributed by atoms with Crippen molar-refractivity contribution in [3.05, 3.63) is 12.7 Å². The van der Waals surface area contributed by atoms with Crippen molar-refractivity contribution in [1.82, 2.24) is 0 Å². The molecule has 0 heterocycles. The molecule has 0 aromatic rings. The van der Waals surface area contributed by atoms with E-state index in [1.165, 1.54) is 0 Å². The number of rotatable bonds is 6. The third-order valence-corrected chi connectivity index (χ3v) is 1.85. The van der Waals surface area contributed by atoms with E-state index in [9.17, 15) is 26.7 Å². The number of halogens is 5. The average Bonchev–Trinajstić information content (AvgIpc) is 2.21. The Morgan fingerprint density at radius 3 is 2.25 bits per heavy atom. The molecule has 7 heteroatoms. The summed E-state index contributed by atoms with van der Waals surface area (Å²) in [5.74, 6) is -0.822. The number of ether oxygens (including phenoxy) is 1. The van der Waals surface area contributed by atoms with Crippen molar-refractivity contribution in [2.24, 2.45) is 0 Å². The third kappa shape index (κ3) is 4.16. The maximum Gasteiger partial charge on any atom is 0.425 e. The molecule has 0 radical (unpaired) electrons. The number of hydrogen-bond donors (Lipinski definition) is 0. The van der Waals surface area contributed by atoms with Gasteiger partial charge in [-0.25, -0.2) is 13.6 Å². The number of alkyl halides is 5. The second kappa shape index (κ2) is 5.81. The zero-order chi connectivity index (χ0) is 12.8. The zero-order valence-corrected chi connectivity index (χ0v) is 8.32. The molecule has 0 aliphatic carbocycles. The van der Waals surface area contributed by atoms with Crippen molar-refractivity contribution < 1.29 is 31.5 Å². The Morgan fingerprint density at radius 2 is 1.88 bits per heavy atom. The standard InChI is InChI=1S/C9H11F5O2/c1-2-7(15)16-5-3-4-8(11,6-10)9(12,13)14/h2H,1,3-6H2. The van der Waals surface area contributed by atoms with Crippen LogP contribution in [0.3, 0.4) is 0 Å². The van der Waals surface area contributed by atoms with Crippen LogP contribution >= 0.6 is 0 Å². The fourth-order valence-corrected chi connectivity index (χ4v) is 0.868. The molecular formula is C9H11F5O2. The van der Waals surface area contributed by atoms with E-state index in [1.807, 2.05) is 0 Å². The molecule has 0 aliphatic rings. The topological polar surface area (TPSA) is 26.3 Å². The van der Waals surface area contributed by atoms with Crippen LogP contribution in [-0.2, 0) is 9.53 Å². The van der Waals surface area contributed by atoms with Gasteiger partial charge in [0.15, 0.2) is 0 Å². The van der Waals surface area contributed by atoms with Gasteiger partial charge < -0.3 is 4.74 Å².